The minimum Gasteiger partial charge on any atom is -0.317 e. The maximum absolute atomic E-state index is 12.1. The van der Waals surface area contributed by atoms with E-state index in [-0.39, 0.29) is 6.54 Å². The molecule has 0 radical (unpaired) electrons. The highest BCUT2D eigenvalue weighted by Gasteiger charge is 2.29. The molecule has 1 rings (SSSR count). The van der Waals surface area contributed by atoms with Crippen LogP contribution < -0.4 is 5.32 Å². The third-order valence-electron chi connectivity index (χ3n) is 3.48. The van der Waals surface area contributed by atoms with E-state index < -0.39 is 12.6 Å². The lowest BCUT2D eigenvalue weighted by molar-refractivity contribution is -0.138. The molecule has 0 heterocycles. The van der Waals surface area contributed by atoms with Gasteiger partial charge in [0.25, 0.3) is 0 Å². The van der Waals surface area contributed by atoms with Crippen LogP contribution in [0.2, 0.25) is 0 Å². The number of nitrogens with zero attached hydrogens (tertiary/aromatic N) is 1. The molecule has 1 N–H and O–H groups in total. The second-order valence-electron chi connectivity index (χ2n) is 4.64. The highest BCUT2D eigenvalue weighted by atomic mass is 19.4. The van der Waals surface area contributed by atoms with Crippen molar-refractivity contribution >= 4 is 0 Å². The Bertz CT molecular complexity index is 198. The van der Waals surface area contributed by atoms with Crippen molar-refractivity contribution in [2.45, 2.75) is 50.4 Å². The van der Waals surface area contributed by atoms with Gasteiger partial charge in [0.2, 0.25) is 0 Å². The zero-order valence-corrected chi connectivity index (χ0v) is 9.98. The van der Waals surface area contributed by atoms with Gasteiger partial charge in [-0.1, -0.05) is 0 Å². The summed E-state index contributed by atoms with van der Waals surface area (Å²) in [6, 6.07) is 0.874. The van der Waals surface area contributed by atoms with E-state index in [4.69, 9.17) is 0 Å². The summed E-state index contributed by atoms with van der Waals surface area (Å²) >= 11 is 0. The molecule has 0 aromatic heterocycles. The van der Waals surface area contributed by atoms with Crippen molar-refractivity contribution in [3.05, 3.63) is 0 Å². The molecule has 16 heavy (non-hydrogen) atoms. The Hall–Kier alpha value is -0.290. The van der Waals surface area contributed by atoms with Gasteiger partial charge in [-0.15, -0.1) is 0 Å². The summed E-state index contributed by atoms with van der Waals surface area (Å²) in [5.74, 6) is 0. The number of alkyl halides is 3. The van der Waals surface area contributed by atoms with Crippen LogP contribution in [-0.4, -0.2) is 43.8 Å². The van der Waals surface area contributed by atoms with Gasteiger partial charge < -0.3 is 10.2 Å². The van der Waals surface area contributed by atoms with Crippen LogP contribution in [0.1, 0.15) is 32.1 Å². The summed E-state index contributed by atoms with van der Waals surface area (Å²) in [5, 5.41) is 3.22. The van der Waals surface area contributed by atoms with Crippen LogP contribution in [0.3, 0.4) is 0 Å². The van der Waals surface area contributed by atoms with Gasteiger partial charge in [0.1, 0.15) is 0 Å². The molecule has 0 spiro atoms. The molecule has 1 aliphatic rings. The largest absolute Gasteiger partial charge is 0.390 e. The number of nitrogens with one attached hydrogen (secondary N) is 1. The number of hydrogen-bond acceptors (Lipinski definition) is 2. The topological polar surface area (TPSA) is 15.3 Å². The van der Waals surface area contributed by atoms with Gasteiger partial charge in [-0.3, -0.25) is 0 Å². The average Bonchev–Trinajstić information content (AvgIpc) is 2.25. The summed E-state index contributed by atoms with van der Waals surface area (Å²) in [7, 11) is 3.74. The van der Waals surface area contributed by atoms with Gasteiger partial charge in [0.05, 0.1) is 6.42 Å². The highest BCUT2D eigenvalue weighted by molar-refractivity contribution is 4.81. The van der Waals surface area contributed by atoms with Crippen LogP contribution in [0.4, 0.5) is 13.2 Å². The van der Waals surface area contributed by atoms with E-state index in [1.54, 1.807) is 7.05 Å². The lowest BCUT2D eigenvalue weighted by Gasteiger charge is -2.34. The van der Waals surface area contributed by atoms with E-state index in [0.717, 1.165) is 25.7 Å². The van der Waals surface area contributed by atoms with Crippen LogP contribution >= 0.6 is 0 Å². The summed E-state index contributed by atoms with van der Waals surface area (Å²) in [5.41, 5.74) is 0. The van der Waals surface area contributed by atoms with Crippen molar-refractivity contribution in [1.29, 1.82) is 0 Å². The molecule has 0 saturated heterocycles. The van der Waals surface area contributed by atoms with Crippen LogP contribution in [0.15, 0.2) is 0 Å². The van der Waals surface area contributed by atoms with Crippen molar-refractivity contribution in [1.82, 2.24) is 10.2 Å². The Kier molecular flexibility index (Phi) is 5.05. The predicted molar refractivity (Wildman–Crippen MR) is 58.4 cm³/mol. The van der Waals surface area contributed by atoms with Gasteiger partial charge in [0, 0.05) is 18.6 Å². The van der Waals surface area contributed by atoms with Crippen molar-refractivity contribution in [3.63, 3.8) is 0 Å². The lowest BCUT2D eigenvalue weighted by atomic mass is 9.90. The zero-order valence-electron chi connectivity index (χ0n) is 9.98. The van der Waals surface area contributed by atoms with E-state index in [2.05, 4.69) is 5.32 Å². The fourth-order valence-electron chi connectivity index (χ4n) is 2.29. The normalized spacial score (nSPS) is 27.4. The molecule has 0 aromatic rings. The molecule has 1 fully saturated rings. The van der Waals surface area contributed by atoms with Gasteiger partial charge in [-0.05, 0) is 39.8 Å². The number of halogens is 3. The quantitative estimate of drug-likeness (QED) is 0.809. The Morgan fingerprint density at radius 3 is 2.19 bits per heavy atom. The minimum absolute atomic E-state index is 0.123. The van der Waals surface area contributed by atoms with Gasteiger partial charge in [0.15, 0.2) is 0 Å². The van der Waals surface area contributed by atoms with Crippen LogP contribution in [0, 0.1) is 0 Å². The molecule has 1 saturated carbocycles. The number of rotatable bonds is 4. The molecular formula is C11H21F3N2. The van der Waals surface area contributed by atoms with Crippen molar-refractivity contribution in [2.75, 3.05) is 20.6 Å². The Morgan fingerprint density at radius 1 is 1.19 bits per heavy atom. The van der Waals surface area contributed by atoms with E-state index in [9.17, 15) is 13.2 Å². The molecule has 0 aliphatic heterocycles. The van der Waals surface area contributed by atoms with E-state index in [1.165, 1.54) is 0 Å². The molecule has 0 bridgehead atoms. The monoisotopic (exact) mass is 238 g/mol. The first-order valence-electron chi connectivity index (χ1n) is 5.86. The molecule has 0 aromatic carbocycles. The smallest absolute Gasteiger partial charge is 0.317 e. The third kappa shape index (κ3) is 4.70. The second-order valence-corrected chi connectivity index (χ2v) is 4.64. The summed E-state index contributed by atoms with van der Waals surface area (Å²) in [6.07, 6.45) is -0.597. The van der Waals surface area contributed by atoms with E-state index in [0.29, 0.717) is 12.1 Å². The summed E-state index contributed by atoms with van der Waals surface area (Å²) in [4.78, 5) is 1.86. The average molecular weight is 238 g/mol. The fraction of sp³-hybridized carbons (Fsp3) is 1.00. The SMILES string of the molecule is CNC1CCC(N(C)CCC(F)(F)F)CC1. The Labute approximate surface area is 95.2 Å². The summed E-state index contributed by atoms with van der Waals surface area (Å²) in [6.45, 7) is 0.123. The van der Waals surface area contributed by atoms with E-state index >= 15 is 0 Å². The second kappa shape index (κ2) is 5.87. The zero-order chi connectivity index (χ0) is 12.2. The first kappa shape index (κ1) is 13.8. The van der Waals surface area contributed by atoms with Gasteiger partial charge in [-0.2, -0.15) is 13.2 Å². The van der Waals surface area contributed by atoms with Crippen LogP contribution in [0.25, 0.3) is 0 Å². The van der Waals surface area contributed by atoms with Gasteiger partial charge in [-0.25, -0.2) is 0 Å². The lowest BCUT2D eigenvalue weighted by Crippen LogP contribution is -2.40. The maximum Gasteiger partial charge on any atom is 0.390 e. The Balaban J connectivity index is 2.25. The van der Waals surface area contributed by atoms with Crippen molar-refractivity contribution < 1.29 is 13.2 Å². The predicted octanol–water partition coefficient (Wildman–Crippen LogP) is 2.40. The highest BCUT2D eigenvalue weighted by Crippen LogP contribution is 2.24. The minimum atomic E-state index is -4.03. The van der Waals surface area contributed by atoms with Crippen molar-refractivity contribution in [2.24, 2.45) is 0 Å². The molecule has 0 amide bonds. The molecule has 2 nitrogen and oxygen atoms in total. The Morgan fingerprint density at radius 2 is 1.75 bits per heavy atom. The van der Waals surface area contributed by atoms with Gasteiger partial charge >= 0.3 is 6.18 Å². The van der Waals surface area contributed by atoms with E-state index in [1.807, 2.05) is 11.9 Å². The first-order chi connectivity index (χ1) is 7.42. The molecule has 96 valence electrons. The molecule has 0 atom stereocenters. The summed E-state index contributed by atoms with van der Waals surface area (Å²) < 4.78 is 36.2. The standard InChI is InChI=1S/C11H21F3N2/c1-15-9-3-5-10(6-4-9)16(2)8-7-11(12,13)14/h9-10,15H,3-8H2,1-2H3. The van der Waals surface area contributed by atoms with Crippen LogP contribution in [-0.2, 0) is 0 Å². The molecular weight excluding hydrogens is 217 g/mol. The molecule has 0 unspecified atom stereocenters. The molecule has 5 heteroatoms. The number of hydrogen-bond donors (Lipinski definition) is 1. The first-order valence-corrected chi connectivity index (χ1v) is 5.86. The maximum atomic E-state index is 12.1. The fourth-order valence-corrected chi connectivity index (χ4v) is 2.29. The molecule has 1 aliphatic carbocycles. The van der Waals surface area contributed by atoms with Crippen LogP contribution in [0.5, 0.6) is 0 Å². The third-order valence-corrected chi connectivity index (χ3v) is 3.48. The van der Waals surface area contributed by atoms with Crippen molar-refractivity contribution in [3.8, 4) is 0 Å².